The monoisotopic (exact) mass is 397 g/mol. The van der Waals surface area contributed by atoms with E-state index in [0.717, 1.165) is 27.5 Å². The molecule has 1 atom stereocenters. The van der Waals surface area contributed by atoms with E-state index >= 15 is 0 Å². The Balaban J connectivity index is 1.56. The molecule has 0 saturated carbocycles. The Hall–Kier alpha value is -2.47. The molecule has 0 spiro atoms. The van der Waals surface area contributed by atoms with Crippen molar-refractivity contribution in [3.05, 3.63) is 58.8 Å². The Morgan fingerprint density at radius 2 is 2.12 bits per heavy atom. The minimum Gasteiger partial charge on any atom is -0.467 e. The van der Waals surface area contributed by atoms with Crippen LogP contribution in [0, 0.1) is 0 Å². The number of para-hydroxylation sites is 1. The first kappa shape index (κ1) is 16.0. The highest BCUT2D eigenvalue weighted by molar-refractivity contribution is 9.10. The van der Waals surface area contributed by atoms with Crippen LogP contribution in [0.4, 0.5) is 5.69 Å². The second-order valence-corrected chi connectivity index (χ2v) is 6.99. The van der Waals surface area contributed by atoms with E-state index in [-0.39, 0.29) is 18.6 Å². The normalized spacial score (nSPS) is 16.1. The molecule has 126 valence electrons. The van der Waals surface area contributed by atoms with Crippen LogP contribution < -0.4 is 9.64 Å². The number of hydrogen-bond donors (Lipinski definition) is 0. The number of carbonyl (C=O) groups is 1. The van der Waals surface area contributed by atoms with Gasteiger partial charge in [-0.15, -0.1) is 0 Å². The van der Waals surface area contributed by atoms with E-state index in [0.29, 0.717) is 5.88 Å². The molecule has 0 N–H and O–H groups in total. The number of fused-ring (bicyclic) bond motifs is 2. The summed E-state index contributed by atoms with van der Waals surface area (Å²) in [5, 5.41) is 0.777. The highest BCUT2D eigenvalue weighted by atomic mass is 79.9. The van der Waals surface area contributed by atoms with Crippen molar-refractivity contribution in [3.8, 4) is 5.88 Å². The van der Waals surface area contributed by atoms with Gasteiger partial charge in [-0.25, -0.2) is 9.97 Å². The van der Waals surface area contributed by atoms with Crippen LogP contribution in [0.3, 0.4) is 0 Å². The Morgan fingerprint density at radius 3 is 3.00 bits per heavy atom. The van der Waals surface area contributed by atoms with E-state index in [1.807, 2.05) is 41.3 Å². The molecular weight excluding hydrogens is 382 g/mol. The number of ether oxygens (including phenoxy) is 1. The van der Waals surface area contributed by atoms with Gasteiger partial charge in [-0.05, 0) is 43.2 Å². The Labute approximate surface area is 153 Å². The Morgan fingerprint density at radius 1 is 1.28 bits per heavy atom. The molecule has 2 heterocycles. The molecule has 25 heavy (non-hydrogen) atoms. The Kier molecular flexibility index (Phi) is 4.13. The minimum atomic E-state index is -0.0702. The average molecular weight is 398 g/mol. The fourth-order valence-electron chi connectivity index (χ4n) is 3.27. The van der Waals surface area contributed by atoms with Crippen molar-refractivity contribution in [2.24, 2.45) is 0 Å². The zero-order valence-electron chi connectivity index (χ0n) is 13.6. The molecule has 1 aromatic heterocycles. The number of nitrogens with zero attached hydrogens (tertiary/aromatic N) is 3. The first-order valence-corrected chi connectivity index (χ1v) is 8.86. The van der Waals surface area contributed by atoms with Crippen LogP contribution in [0.5, 0.6) is 5.88 Å². The molecule has 1 aliphatic heterocycles. The van der Waals surface area contributed by atoms with E-state index in [4.69, 9.17) is 4.74 Å². The molecule has 0 saturated heterocycles. The fourth-order valence-corrected chi connectivity index (χ4v) is 3.63. The predicted octanol–water partition coefficient (Wildman–Crippen LogP) is 3.75. The molecule has 0 radical (unpaired) electrons. The summed E-state index contributed by atoms with van der Waals surface area (Å²) in [6, 6.07) is 13.8. The highest BCUT2D eigenvalue weighted by Gasteiger charge is 2.30. The molecule has 0 bridgehead atoms. The molecule has 3 aromatic rings. The summed E-state index contributed by atoms with van der Waals surface area (Å²) in [5.74, 6) is 0.346. The van der Waals surface area contributed by atoms with Gasteiger partial charge in [-0.1, -0.05) is 34.1 Å². The standard InChI is InChI=1S/C19H16BrN3O2/c1-12-8-13-4-2-3-5-17(13)23(12)18(24)10-25-19-15-9-14(20)6-7-16(15)21-11-22-19/h2-7,9,11-12H,8,10H2,1H3. The highest BCUT2D eigenvalue weighted by Crippen LogP contribution is 2.32. The summed E-state index contributed by atoms with van der Waals surface area (Å²) < 4.78 is 6.66. The van der Waals surface area contributed by atoms with Crippen LogP contribution in [-0.2, 0) is 11.2 Å². The molecule has 1 aliphatic rings. The van der Waals surface area contributed by atoms with Crippen molar-refractivity contribution in [1.82, 2.24) is 9.97 Å². The van der Waals surface area contributed by atoms with Gasteiger partial charge in [-0.2, -0.15) is 0 Å². The molecule has 1 amide bonds. The summed E-state index contributed by atoms with van der Waals surface area (Å²) in [5.41, 5.74) is 2.94. The second kappa shape index (κ2) is 6.44. The summed E-state index contributed by atoms with van der Waals surface area (Å²) in [6.07, 6.45) is 2.31. The van der Waals surface area contributed by atoms with Crippen molar-refractivity contribution in [2.75, 3.05) is 11.5 Å². The number of hydrogen-bond acceptors (Lipinski definition) is 4. The number of rotatable bonds is 3. The lowest BCUT2D eigenvalue weighted by atomic mass is 10.1. The smallest absolute Gasteiger partial charge is 0.265 e. The first-order chi connectivity index (χ1) is 12.1. The van der Waals surface area contributed by atoms with Gasteiger partial charge in [0, 0.05) is 16.2 Å². The summed E-state index contributed by atoms with van der Waals surface area (Å²) in [4.78, 5) is 23.0. The molecule has 2 aromatic carbocycles. The van der Waals surface area contributed by atoms with Gasteiger partial charge >= 0.3 is 0 Å². The number of anilines is 1. The van der Waals surface area contributed by atoms with Crippen LogP contribution in [0.1, 0.15) is 12.5 Å². The van der Waals surface area contributed by atoms with E-state index < -0.39 is 0 Å². The van der Waals surface area contributed by atoms with E-state index in [2.05, 4.69) is 38.9 Å². The van der Waals surface area contributed by atoms with Crippen molar-refractivity contribution in [3.63, 3.8) is 0 Å². The minimum absolute atomic E-state index is 0.0582. The molecule has 0 aliphatic carbocycles. The topological polar surface area (TPSA) is 55.3 Å². The molecule has 1 unspecified atom stereocenters. The molecule has 5 nitrogen and oxygen atoms in total. The molecule has 6 heteroatoms. The van der Waals surface area contributed by atoms with Crippen LogP contribution in [0.15, 0.2) is 53.3 Å². The van der Waals surface area contributed by atoms with Gasteiger partial charge in [0.05, 0.1) is 10.9 Å². The number of carbonyl (C=O) groups excluding carboxylic acids is 1. The van der Waals surface area contributed by atoms with E-state index in [1.54, 1.807) is 0 Å². The zero-order chi connectivity index (χ0) is 17.4. The van der Waals surface area contributed by atoms with Crippen molar-refractivity contribution < 1.29 is 9.53 Å². The summed E-state index contributed by atoms with van der Waals surface area (Å²) >= 11 is 3.44. The van der Waals surface area contributed by atoms with Crippen LogP contribution >= 0.6 is 15.9 Å². The van der Waals surface area contributed by atoms with E-state index in [1.165, 1.54) is 11.9 Å². The fraction of sp³-hybridized carbons (Fsp3) is 0.211. The maximum absolute atomic E-state index is 12.7. The maximum Gasteiger partial charge on any atom is 0.265 e. The number of amides is 1. The van der Waals surface area contributed by atoms with Crippen LogP contribution in [0.2, 0.25) is 0 Å². The van der Waals surface area contributed by atoms with Gasteiger partial charge in [-0.3, -0.25) is 4.79 Å². The van der Waals surface area contributed by atoms with Gasteiger partial charge < -0.3 is 9.64 Å². The first-order valence-electron chi connectivity index (χ1n) is 8.06. The Bertz CT molecular complexity index is 960. The summed E-state index contributed by atoms with van der Waals surface area (Å²) in [7, 11) is 0. The zero-order valence-corrected chi connectivity index (χ0v) is 15.2. The van der Waals surface area contributed by atoms with Crippen LogP contribution in [-0.4, -0.2) is 28.5 Å². The average Bonchev–Trinajstić information content (AvgIpc) is 2.95. The number of aromatic nitrogens is 2. The van der Waals surface area contributed by atoms with E-state index in [9.17, 15) is 4.79 Å². The third kappa shape index (κ3) is 2.98. The third-order valence-corrected chi connectivity index (χ3v) is 4.86. The van der Waals surface area contributed by atoms with Crippen molar-refractivity contribution in [2.45, 2.75) is 19.4 Å². The van der Waals surface area contributed by atoms with Crippen LogP contribution in [0.25, 0.3) is 10.9 Å². The maximum atomic E-state index is 12.7. The molecule has 4 rings (SSSR count). The lowest BCUT2D eigenvalue weighted by Gasteiger charge is -2.22. The van der Waals surface area contributed by atoms with Crippen molar-refractivity contribution in [1.29, 1.82) is 0 Å². The largest absolute Gasteiger partial charge is 0.467 e. The van der Waals surface area contributed by atoms with Crippen molar-refractivity contribution >= 4 is 38.4 Å². The lowest BCUT2D eigenvalue weighted by molar-refractivity contribution is -0.120. The van der Waals surface area contributed by atoms with Gasteiger partial charge in [0.25, 0.3) is 5.91 Å². The SMILES string of the molecule is CC1Cc2ccccc2N1C(=O)COc1ncnc2ccc(Br)cc12. The number of benzene rings is 2. The molecular formula is C19H16BrN3O2. The quantitative estimate of drug-likeness (QED) is 0.675. The second-order valence-electron chi connectivity index (χ2n) is 6.07. The summed E-state index contributed by atoms with van der Waals surface area (Å²) in [6.45, 7) is 1.99. The van der Waals surface area contributed by atoms with Gasteiger partial charge in [0.2, 0.25) is 5.88 Å². The van der Waals surface area contributed by atoms with Gasteiger partial charge in [0.1, 0.15) is 6.33 Å². The van der Waals surface area contributed by atoms with Gasteiger partial charge in [0.15, 0.2) is 6.61 Å². The predicted molar refractivity (Wildman–Crippen MR) is 99.8 cm³/mol. The third-order valence-electron chi connectivity index (χ3n) is 4.37. The lowest BCUT2D eigenvalue weighted by Crippen LogP contribution is -2.39. The molecule has 0 fully saturated rings. The number of halogens is 1.